The fourth-order valence-electron chi connectivity index (χ4n) is 2.79. The maximum Gasteiger partial charge on any atom is 0.141 e. The van der Waals surface area contributed by atoms with Crippen LogP contribution in [0.5, 0.6) is 0 Å². The molecule has 2 heterocycles. The van der Waals surface area contributed by atoms with E-state index in [4.69, 9.17) is 0 Å². The fraction of sp³-hybridized carbons (Fsp3) is 0.857. The van der Waals surface area contributed by atoms with Crippen LogP contribution in [0.1, 0.15) is 38.4 Å². The first-order chi connectivity index (χ1) is 9.33. The normalized spacial score (nSPS) is 17.1. The Morgan fingerprint density at radius 2 is 2.10 bits per heavy atom. The molecule has 0 saturated carbocycles. The van der Waals surface area contributed by atoms with Crippen molar-refractivity contribution in [1.29, 1.82) is 0 Å². The molecule has 5 nitrogen and oxygen atoms in total. The van der Waals surface area contributed by atoms with Crippen molar-refractivity contribution in [3.8, 4) is 0 Å². The van der Waals surface area contributed by atoms with Crippen molar-refractivity contribution >= 4 is 12.4 Å². The van der Waals surface area contributed by atoms with Gasteiger partial charge in [-0.25, -0.2) is 9.67 Å². The van der Waals surface area contributed by atoms with Crippen molar-refractivity contribution in [2.45, 2.75) is 45.7 Å². The van der Waals surface area contributed by atoms with Gasteiger partial charge in [-0.2, -0.15) is 5.10 Å². The number of piperidine rings is 1. The van der Waals surface area contributed by atoms with Gasteiger partial charge in [0.15, 0.2) is 0 Å². The number of halogens is 1. The molecule has 20 heavy (non-hydrogen) atoms. The lowest BCUT2D eigenvalue weighted by Crippen LogP contribution is -2.34. The molecule has 1 aromatic heterocycles. The van der Waals surface area contributed by atoms with E-state index < -0.39 is 0 Å². The zero-order valence-electron chi connectivity index (χ0n) is 12.7. The first kappa shape index (κ1) is 17.4. The second-order valence-corrected chi connectivity index (χ2v) is 5.51. The molecule has 2 rings (SSSR count). The van der Waals surface area contributed by atoms with Crippen LogP contribution in [-0.4, -0.2) is 46.3 Å². The highest BCUT2D eigenvalue weighted by molar-refractivity contribution is 5.85. The molecule has 116 valence electrons. The number of nitrogens with one attached hydrogen (secondary N) is 1. The quantitative estimate of drug-likeness (QED) is 0.836. The highest BCUT2D eigenvalue weighted by atomic mass is 35.5. The number of nitrogens with zero attached hydrogens (tertiary/aromatic N) is 4. The monoisotopic (exact) mass is 301 g/mol. The zero-order valence-corrected chi connectivity index (χ0v) is 13.5. The molecular weight excluding hydrogens is 274 g/mol. The van der Waals surface area contributed by atoms with Crippen LogP contribution in [0.2, 0.25) is 0 Å². The van der Waals surface area contributed by atoms with E-state index >= 15 is 0 Å². The van der Waals surface area contributed by atoms with Crippen LogP contribution in [0, 0.1) is 5.92 Å². The summed E-state index contributed by atoms with van der Waals surface area (Å²) in [4.78, 5) is 6.92. The third-order valence-corrected chi connectivity index (χ3v) is 4.01. The van der Waals surface area contributed by atoms with E-state index in [1.165, 1.54) is 32.4 Å². The lowest BCUT2D eigenvalue weighted by Gasteiger charge is -2.31. The van der Waals surface area contributed by atoms with Gasteiger partial charge in [0, 0.05) is 6.54 Å². The predicted octanol–water partition coefficient (Wildman–Crippen LogP) is 1.93. The number of hydrogen-bond donors (Lipinski definition) is 1. The van der Waals surface area contributed by atoms with E-state index in [9.17, 15) is 0 Å². The summed E-state index contributed by atoms with van der Waals surface area (Å²) in [6, 6.07) is 0. The number of hydrogen-bond acceptors (Lipinski definition) is 4. The number of aromatic nitrogens is 3. The zero-order chi connectivity index (χ0) is 13.5. The van der Waals surface area contributed by atoms with Crippen LogP contribution >= 0.6 is 12.4 Å². The Kier molecular flexibility index (Phi) is 8.11. The molecular formula is C14H28ClN5. The summed E-state index contributed by atoms with van der Waals surface area (Å²) >= 11 is 0. The van der Waals surface area contributed by atoms with Gasteiger partial charge in [0.1, 0.15) is 12.2 Å². The van der Waals surface area contributed by atoms with Gasteiger partial charge >= 0.3 is 0 Å². The van der Waals surface area contributed by atoms with Crippen molar-refractivity contribution < 1.29 is 0 Å². The van der Waals surface area contributed by atoms with Gasteiger partial charge in [0.05, 0.1) is 6.54 Å². The molecule has 1 fully saturated rings. The maximum atomic E-state index is 4.40. The average Bonchev–Trinajstić information content (AvgIpc) is 2.86. The van der Waals surface area contributed by atoms with Gasteiger partial charge < -0.3 is 5.32 Å². The van der Waals surface area contributed by atoms with Gasteiger partial charge in [-0.05, 0) is 58.3 Å². The van der Waals surface area contributed by atoms with E-state index in [0.29, 0.717) is 0 Å². The van der Waals surface area contributed by atoms with Crippen molar-refractivity contribution in [2.75, 3.05) is 26.7 Å². The topological polar surface area (TPSA) is 46.0 Å². The lowest BCUT2D eigenvalue weighted by molar-refractivity contribution is 0.166. The Morgan fingerprint density at radius 3 is 2.75 bits per heavy atom. The molecule has 0 unspecified atom stereocenters. The largest absolute Gasteiger partial charge is 0.320 e. The minimum absolute atomic E-state index is 0. The Morgan fingerprint density at radius 1 is 1.35 bits per heavy atom. The number of likely N-dealkylation sites (tertiary alicyclic amines) is 1. The van der Waals surface area contributed by atoms with Crippen LogP contribution in [0.25, 0.3) is 0 Å². The van der Waals surface area contributed by atoms with E-state index in [-0.39, 0.29) is 12.4 Å². The van der Waals surface area contributed by atoms with Gasteiger partial charge in [-0.15, -0.1) is 12.4 Å². The van der Waals surface area contributed by atoms with Crippen LogP contribution in [0.15, 0.2) is 6.33 Å². The van der Waals surface area contributed by atoms with E-state index in [1.54, 1.807) is 6.33 Å². The van der Waals surface area contributed by atoms with Crippen molar-refractivity contribution in [3.05, 3.63) is 12.2 Å². The molecule has 1 aliphatic heterocycles. The number of aryl methyl sites for hydroxylation is 1. The third-order valence-electron chi connectivity index (χ3n) is 4.01. The Labute approximate surface area is 128 Å². The van der Waals surface area contributed by atoms with Crippen molar-refractivity contribution in [3.63, 3.8) is 0 Å². The fourth-order valence-corrected chi connectivity index (χ4v) is 2.79. The Bertz CT molecular complexity index is 360. The Balaban J connectivity index is 0.00000200. The summed E-state index contributed by atoms with van der Waals surface area (Å²) < 4.78 is 2.05. The van der Waals surface area contributed by atoms with Crippen LogP contribution in [0.3, 0.4) is 0 Å². The summed E-state index contributed by atoms with van der Waals surface area (Å²) in [6.45, 7) is 7.67. The molecule has 0 radical (unpaired) electrons. The molecule has 0 spiro atoms. The van der Waals surface area contributed by atoms with Gasteiger partial charge in [-0.3, -0.25) is 4.90 Å². The summed E-state index contributed by atoms with van der Waals surface area (Å²) in [5, 5.41) is 7.55. The summed E-state index contributed by atoms with van der Waals surface area (Å²) in [6.07, 6.45) is 6.76. The molecule has 1 saturated heterocycles. The minimum atomic E-state index is 0. The van der Waals surface area contributed by atoms with E-state index in [1.807, 2.05) is 11.7 Å². The SMILES string of the molecule is CCCn1ncnc1CN1CCC(CCNC)CC1.Cl. The van der Waals surface area contributed by atoms with E-state index in [0.717, 1.165) is 37.8 Å². The summed E-state index contributed by atoms with van der Waals surface area (Å²) in [5.74, 6) is 2.02. The average molecular weight is 302 g/mol. The van der Waals surface area contributed by atoms with Gasteiger partial charge in [0.2, 0.25) is 0 Å². The standard InChI is InChI=1S/C14H27N5.ClH/c1-3-8-19-14(16-12-17-19)11-18-9-5-13(6-10-18)4-7-15-2;/h12-13,15H,3-11H2,1-2H3;1H. The first-order valence-electron chi connectivity index (χ1n) is 7.57. The van der Waals surface area contributed by atoms with Crippen LogP contribution in [-0.2, 0) is 13.1 Å². The van der Waals surface area contributed by atoms with E-state index in [2.05, 4.69) is 27.2 Å². The maximum absolute atomic E-state index is 4.40. The first-order valence-corrected chi connectivity index (χ1v) is 7.57. The van der Waals surface area contributed by atoms with Crippen LogP contribution < -0.4 is 5.32 Å². The highest BCUT2D eigenvalue weighted by Crippen LogP contribution is 2.21. The molecule has 6 heteroatoms. The molecule has 0 aromatic carbocycles. The highest BCUT2D eigenvalue weighted by Gasteiger charge is 2.20. The molecule has 1 aliphatic rings. The second-order valence-electron chi connectivity index (χ2n) is 5.51. The number of rotatable bonds is 7. The predicted molar refractivity (Wildman–Crippen MR) is 84.1 cm³/mol. The molecule has 0 bridgehead atoms. The second kappa shape index (κ2) is 9.32. The molecule has 0 amide bonds. The van der Waals surface area contributed by atoms with Gasteiger partial charge in [-0.1, -0.05) is 6.92 Å². The van der Waals surface area contributed by atoms with Crippen molar-refractivity contribution in [1.82, 2.24) is 25.0 Å². The summed E-state index contributed by atoms with van der Waals surface area (Å²) in [5.41, 5.74) is 0. The molecule has 1 aromatic rings. The van der Waals surface area contributed by atoms with Crippen LogP contribution in [0.4, 0.5) is 0 Å². The molecule has 0 atom stereocenters. The minimum Gasteiger partial charge on any atom is -0.320 e. The molecule has 1 N–H and O–H groups in total. The lowest BCUT2D eigenvalue weighted by atomic mass is 9.93. The van der Waals surface area contributed by atoms with Crippen molar-refractivity contribution in [2.24, 2.45) is 5.92 Å². The van der Waals surface area contributed by atoms with Gasteiger partial charge in [0.25, 0.3) is 0 Å². The summed E-state index contributed by atoms with van der Waals surface area (Å²) in [7, 11) is 2.04. The Hall–Kier alpha value is -0.650. The molecule has 0 aliphatic carbocycles. The smallest absolute Gasteiger partial charge is 0.141 e. The third kappa shape index (κ3) is 5.04.